The van der Waals surface area contributed by atoms with Crippen molar-refractivity contribution in [2.24, 2.45) is 0 Å². The maximum atomic E-state index is 13.0. The minimum absolute atomic E-state index is 0.0425. The van der Waals surface area contributed by atoms with Gasteiger partial charge < -0.3 is 10.6 Å². The van der Waals surface area contributed by atoms with Gasteiger partial charge in [0.15, 0.2) is 0 Å². The van der Waals surface area contributed by atoms with Crippen LogP contribution >= 0.6 is 11.3 Å². The number of amides is 1. The number of hydrogen-bond acceptors (Lipinski definition) is 4. The Hall–Kier alpha value is -1.79. The molecular formula is C17H20FN3OS. The predicted molar refractivity (Wildman–Crippen MR) is 89.4 cm³/mol. The second-order valence-corrected chi connectivity index (χ2v) is 6.93. The number of hydrogen-bond donors (Lipinski definition) is 2. The van der Waals surface area contributed by atoms with E-state index in [9.17, 15) is 9.18 Å². The van der Waals surface area contributed by atoms with Crippen LogP contribution in [0.1, 0.15) is 38.8 Å². The van der Waals surface area contributed by atoms with Crippen LogP contribution in [0, 0.1) is 12.7 Å². The molecule has 0 radical (unpaired) electrons. The molecule has 6 heteroatoms. The molecule has 1 fully saturated rings. The van der Waals surface area contributed by atoms with E-state index in [1.165, 1.54) is 23.5 Å². The maximum absolute atomic E-state index is 13.0. The SMILES string of the molecule is Cc1nc(Cc2ccc(F)cc2)sc1C(=O)N[C@H]1CCCNC1. The Kier molecular flexibility index (Phi) is 5.03. The maximum Gasteiger partial charge on any atom is 0.263 e. The second kappa shape index (κ2) is 7.19. The summed E-state index contributed by atoms with van der Waals surface area (Å²) in [5, 5.41) is 7.25. The molecule has 0 spiro atoms. The van der Waals surface area contributed by atoms with E-state index in [2.05, 4.69) is 15.6 Å². The summed E-state index contributed by atoms with van der Waals surface area (Å²) < 4.78 is 13.0. The van der Waals surface area contributed by atoms with Crippen LogP contribution in [0.5, 0.6) is 0 Å². The number of halogens is 1. The predicted octanol–water partition coefficient (Wildman–Crippen LogP) is 2.66. The van der Waals surface area contributed by atoms with E-state index < -0.39 is 0 Å². The number of carbonyl (C=O) groups is 1. The first-order chi connectivity index (χ1) is 11.1. The van der Waals surface area contributed by atoms with Gasteiger partial charge in [-0.3, -0.25) is 4.79 Å². The van der Waals surface area contributed by atoms with Gasteiger partial charge in [0.25, 0.3) is 5.91 Å². The van der Waals surface area contributed by atoms with E-state index in [0.29, 0.717) is 11.3 Å². The first kappa shape index (κ1) is 16.1. The average molecular weight is 333 g/mol. The molecule has 2 aromatic rings. The summed E-state index contributed by atoms with van der Waals surface area (Å²) in [6, 6.07) is 6.58. The fourth-order valence-electron chi connectivity index (χ4n) is 2.74. The zero-order chi connectivity index (χ0) is 16.2. The van der Waals surface area contributed by atoms with Gasteiger partial charge in [-0.2, -0.15) is 0 Å². The highest BCUT2D eigenvalue weighted by Gasteiger charge is 2.20. The standard InChI is InChI=1S/C17H20FN3OS/c1-11-16(17(22)21-14-3-2-8-19-10-14)23-15(20-11)9-12-4-6-13(18)7-5-12/h4-7,14,19H,2-3,8-10H2,1H3,(H,21,22)/t14-/m0/s1. The number of rotatable bonds is 4. The van der Waals surface area contributed by atoms with Crippen molar-refractivity contribution in [1.82, 2.24) is 15.6 Å². The molecule has 0 bridgehead atoms. The van der Waals surface area contributed by atoms with E-state index in [1.54, 1.807) is 12.1 Å². The molecule has 1 saturated heterocycles. The molecule has 1 aliphatic heterocycles. The largest absolute Gasteiger partial charge is 0.347 e. The zero-order valence-corrected chi connectivity index (χ0v) is 13.9. The Bertz CT molecular complexity index is 678. The van der Waals surface area contributed by atoms with Crippen molar-refractivity contribution < 1.29 is 9.18 Å². The lowest BCUT2D eigenvalue weighted by Crippen LogP contribution is -2.45. The van der Waals surface area contributed by atoms with Gasteiger partial charge in [-0.25, -0.2) is 9.37 Å². The van der Waals surface area contributed by atoms with Crippen molar-refractivity contribution in [3.8, 4) is 0 Å². The summed E-state index contributed by atoms with van der Waals surface area (Å²) in [6.45, 7) is 3.71. The van der Waals surface area contributed by atoms with Crippen molar-refractivity contribution in [3.63, 3.8) is 0 Å². The summed E-state index contributed by atoms with van der Waals surface area (Å²) >= 11 is 1.42. The summed E-state index contributed by atoms with van der Waals surface area (Å²) in [4.78, 5) is 17.6. The van der Waals surface area contributed by atoms with Crippen molar-refractivity contribution in [1.29, 1.82) is 0 Å². The number of nitrogens with zero attached hydrogens (tertiary/aromatic N) is 1. The molecule has 122 valence electrons. The van der Waals surface area contributed by atoms with E-state index in [-0.39, 0.29) is 17.8 Å². The molecule has 23 heavy (non-hydrogen) atoms. The first-order valence-corrected chi connectivity index (χ1v) is 8.66. The molecule has 0 unspecified atom stereocenters. The minimum Gasteiger partial charge on any atom is -0.347 e. The molecule has 3 rings (SSSR count). The van der Waals surface area contributed by atoms with Crippen molar-refractivity contribution in [2.75, 3.05) is 13.1 Å². The Labute approximate surface area is 139 Å². The molecule has 4 nitrogen and oxygen atoms in total. The van der Waals surface area contributed by atoms with Crippen LogP contribution in [-0.4, -0.2) is 30.0 Å². The minimum atomic E-state index is -0.245. The molecule has 2 N–H and O–H groups in total. The van der Waals surface area contributed by atoms with Crippen molar-refractivity contribution >= 4 is 17.2 Å². The highest BCUT2D eigenvalue weighted by molar-refractivity contribution is 7.13. The number of aromatic nitrogens is 1. The monoisotopic (exact) mass is 333 g/mol. The van der Waals surface area contributed by atoms with Gasteiger partial charge in [-0.1, -0.05) is 12.1 Å². The van der Waals surface area contributed by atoms with Crippen LogP contribution in [0.25, 0.3) is 0 Å². The third-order valence-electron chi connectivity index (χ3n) is 3.95. The second-order valence-electron chi connectivity index (χ2n) is 5.84. The molecular weight excluding hydrogens is 313 g/mol. The van der Waals surface area contributed by atoms with Crippen LogP contribution in [0.4, 0.5) is 4.39 Å². The third kappa shape index (κ3) is 4.14. The Morgan fingerprint density at radius 2 is 2.22 bits per heavy atom. The number of piperidine rings is 1. The van der Waals surface area contributed by atoms with Crippen LogP contribution in [-0.2, 0) is 6.42 Å². The van der Waals surface area contributed by atoms with Gasteiger partial charge in [0, 0.05) is 19.0 Å². The third-order valence-corrected chi connectivity index (χ3v) is 5.10. The Morgan fingerprint density at radius 3 is 2.91 bits per heavy atom. The highest BCUT2D eigenvalue weighted by Crippen LogP contribution is 2.21. The molecule has 0 aliphatic carbocycles. The Morgan fingerprint density at radius 1 is 1.43 bits per heavy atom. The molecule has 1 amide bonds. The lowest BCUT2D eigenvalue weighted by Gasteiger charge is -2.23. The van der Waals surface area contributed by atoms with Crippen LogP contribution < -0.4 is 10.6 Å². The van der Waals surface area contributed by atoms with Gasteiger partial charge in [0.05, 0.1) is 10.7 Å². The number of aryl methyl sites for hydroxylation is 1. The normalized spacial score (nSPS) is 17.9. The fourth-order valence-corrected chi connectivity index (χ4v) is 3.74. The average Bonchev–Trinajstić information content (AvgIpc) is 2.91. The van der Waals surface area contributed by atoms with Crippen molar-refractivity contribution in [3.05, 3.63) is 51.2 Å². The van der Waals surface area contributed by atoms with Gasteiger partial charge in [0.1, 0.15) is 10.7 Å². The lowest BCUT2D eigenvalue weighted by molar-refractivity contribution is 0.0934. The molecule has 1 aliphatic rings. The van der Waals surface area contributed by atoms with Gasteiger partial charge in [-0.05, 0) is 44.0 Å². The van der Waals surface area contributed by atoms with Crippen LogP contribution in [0.2, 0.25) is 0 Å². The summed E-state index contributed by atoms with van der Waals surface area (Å²) in [5.74, 6) is -0.288. The topological polar surface area (TPSA) is 54.0 Å². The number of nitrogens with one attached hydrogen (secondary N) is 2. The quantitative estimate of drug-likeness (QED) is 0.904. The van der Waals surface area contributed by atoms with Gasteiger partial charge >= 0.3 is 0 Å². The molecule has 1 atom stereocenters. The van der Waals surface area contributed by atoms with Crippen LogP contribution in [0.15, 0.2) is 24.3 Å². The molecule has 1 aromatic carbocycles. The zero-order valence-electron chi connectivity index (χ0n) is 13.1. The van der Waals surface area contributed by atoms with Gasteiger partial charge in [0.2, 0.25) is 0 Å². The molecule has 2 heterocycles. The van der Waals surface area contributed by atoms with E-state index >= 15 is 0 Å². The van der Waals surface area contributed by atoms with E-state index in [0.717, 1.165) is 42.2 Å². The first-order valence-electron chi connectivity index (χ1n) is 7.84. The lowest BCUT2D eigenvalue weighted by atomic mass is 10.1. The van der Waals surface area contributed by atoms with Gasteiger partial charge in [-0.15, -0.1) is 11.3 Å². The van der Waals surface area contributed by atoms with E-state index in [1.807, 2.05) is 6.92 Å². The Balaban J connectivity index is 1.67. The summed E-state index contributed by atoms with van der Waals surface area (Å²) in [6.07, 6.45) is 2.71. The van der Waals surface area contributed by atoms with Crippen molar-refractivity contribution in [2.45, 2.75) is 32.2 Å². The number of thiazole rings is 1. The molecule has 1 aromatic heterocycles. The summed E-state index contributed by atoms with van der Waals surface area (Å²) in [7, 11) is 0. The smallest absolute Gasteiger partial charge is 0.263 e. The van der Waals surface area contributed by atoms with Crippen LogP contribution in [0.3, 0.4) is 0 Å². The summed E-state index contributed by atoms with van der Waals surface area (Å²) in [5.41, 5.74) is 1.75. The van der Waals surface area contributed by atoms with E-state index in [4.69, 9.17) is 0 Å². The fraction of sp³-hybridized carbons (Fsp3) is 0.412. The number of carbonyl (C=O) groups excluding carboxylic acids is 1. The molecule has 0 saturated carbocycles. The number of benzene rings is 1. The highest BCUT2D eigenvalue weighted by atomic mass is 32.1.